The molecule has 0 radical (unpaired) electrons. The lowest BCUT2D eigenvalue weighted by atomic mass is 9.92. The fraction of sp³-hybridized carbons (Fsp3) is 0.500. The number of likely N-dealkylation sites (tertiary alicyclic amines) is 1. The number of fused-ring (bicyclic) bond motifs is 1. The van der Waals surface area contributed by atoms with Crippen LogP contribution in [0, 0.1) is 17.6 Å². The van der Waals surface area contributed by atoms with E-state index in [0.29, 0.717) is 6.04 Å². The Hall–Kier alpha value is -1.49. The van der Waals surface area contributed by atoms with Crippen LogP contribution in [0.5, 0.6) is 0 Å². The number of amides is 1. The lowest BCUT2D eigenvalue weighted by Crippen LogP contribution is -2.55. The number of halogens is 2. The summed E-state index contributed by atoms with van der Waals surface area (Å²) in [5.41, 5.74) is -0.0894. The minimum absolute atomic E-state index is 0.0894. The van der Waals surface area contributed by atoms with Gasteiger partial charge >= 0.3 is 0 Å². The van der Waals surface area contributed by atoms with Gasteiger partial charge in [-0.05, 0) is 30.9 Å². The Morgan fingerprint density at radius 2 is 2.21 bits per heavy atom. The van der Waals surface area contributed by atoms with Crippen molar-refractivity contribution in [3.8, 4) is 0 Å². The molecule has 1 amide bonds. The number of carbonyl (C=O) groups is 1. The number of nitrogens with zero attached hydrogens (tertiary/aromatic N) is 1. The molecule has 5 heteroatoms. The van der Waals surface area contributed by atoms with Crippen LogP contribution in [0.1, 0.15) is 19.3 Å². The third-order valence-corrected chi connectivity index (χ3v) is 4.11. The monoisotopic (exact) mass is 266 g/mol. The predicted octanol–water partition coefficient (Wildman–Crippen LogP) is 2.39. The average Bonchev–Trinajstić information content (AvgIpc) is 2.72. The maximum atomic E-state index is 13.4. The summed E-state index contributed by atoms with van der Waals surface area (Å²) in [5.74, 6) is -0.720. The topological polar surface area (TPSA) is 32.3 Å². The fourth-order valence-corrected chi connectivity index (χ4v) is 3.16. The van der Waals surface area contributed by atoms with Crippen molar-refractivity contribution in [2.45, 2.75) is 25.3 Å². The van der Waals surface area contributed by atoms with Gasteiger partial charge in [-0.25, -0.2) is 8.78 Å². The maximum Gasteiger partial charge on any atom is 0.238 e. The quantitative estimate of drug-likeness (QED) is 0.911. The highest BCUT2D eigenvalue weighted by molar-refractivity contribution is 5.92. The molecular formula is C14H16F2N2O. The van der Waals surface area contributed by atoms with E-state index in [1.165, 1.54) is 12.8 Å². The molecule has 0 spiro atoms. The highest BCUT2D eigenvalue weighted by atomic mass is 19.1. The lowest BCUT2D eigenvalue weighted by molar-refractivity contribution is -0.120. The standard InChI is InChI=1S/C14H16F2N2O/c15-10-4-5-11(16)12(6-10)17-14(19)8-18-7-9-2-1-3-13(9)18/h4-6,9,13H,1-3,7-8H2,(H,17,19)/t9-,13+/m0/s1. The molecule has 1 aliphatic heterocycles. The molecule has 1 aromatic rings. The molecule has 3 nitrogen and oxygen atoms in total. The summed E-state index contributed by atoms with van der Waals surface area (Å²) in [7, 11) is 0. The number of rotatable bonds is 3. The lowest BCUT2D eigenvalue weighted by Gasteiger charge is -2.44. The number of nitrogens with one attached hydrogen (secondary N) is 1. The summed E-state index contributed by atoms with van der Waals surface area (Å²) >= 11 is 0. The molecule has 1 saturated carbocycles. The van der Waals surface area contributed by atoms with E-state index in [4.69, 9.17) is 0 Å². The largest absolute Gasteiger partial charge is 0.322 e. The van der Waals surface area contributed by atoms with Gasteiger partial charge in [-0.2, -0.15) is 0 Å². The first-order valence-corrected chi connectivity index (χ1v) is 6.62. The third kappa shape index (κ3) is 2.47. The van der Waals surface area contributed by atoms with Crippen molar-refractivity contribution in [3.05, 3.63) is 29.8 Å². The normalized spacial score (nSPS) is 25.8. The smallest absolute Gasteiger partial charge is 0.238 e. The average molecular weight is 266 g/mol. The van der Waals surface area contributed by atoms with Crippen LogP contribution < -0.4 is 5.32 Å². The van der Waals surface area contributed by atoms with Crippen molar-refractivity contribution in [1.82, 2.24) is 4.90 Å². The molecule has 1 saturated heterocycles. The predicted molar refractivity (Wildman–Crippen MR) is 67.7 cm³/mol. The van der Waals surface area contributed by atoms with Crippen LogP contribution in [-0.2, 0) is 4.79 Å². The van der Waals surface area contributed by atoms with Crippen molar-refractivity contribution in [2.24, 2.45) is 5.92 Å². The van der Waals surface area contributed by atoms with E-state index in [1.54, 1.807) is 0 Å². The summed E-state index contributed by atoms with van der Waals surface area (Å²) in [6.45, 7) is 1.21. The second kappa shape index (κ2) is 4.89. The molecular weight excluding hydrogens is 250 g/mol. The molecule has 1 heterocycles. The second-order valence-electron chi connectivity index (χ2n) is 5.36. The second-order valence-corrected chi connectivity index (χ2v) is 5.36. The summed E-state index contributed by atoms with van der Waals surface area (Å²) in [6.07, 6.45) is 3.62. The summed E-state index contributed by atoms with van der Waals surface area (Å²) in [5, 5.41) is 2.43. The molecule has 0 aromatic heterocycles. The van der Waals surface area contributed by atoms with Crippen LogP contribution in [0.4, 0.5) is 14.5 Å². The van der Waals surface area contributed by atoms with Crippen molar-refractivity contribution in [3.63, 3.8) is 0 Å². The molecule has 102 valence electrons. The van der Waals surface area contributed by atoms with E-state index in [0.717, 1.165) is 37.1 Å². The van der Waals surface area contributed by atoms with Gasteiger partial charge in [-0.3, -0.25) is 9.69 Å². The summed E-state index contributed by atoms with van der Waals surface area (Å²) < 4.78 is 26.4. The van der Waals surface area contributed by atoms with Crippen molar-refractivity contribution in [2.75, 3.05) is 18.4 Å². The number of hydrogen-bond donors (Lipinski definition) is 1. The van der Waals surface area contributed by atoms with Crippen molar-refractivity contribution in [1.29, 1.82) is 0 Å². The van der Waals surface area contributed by atoms with Crippen LogP contribution in [0.15, 0.2) is 18.2 Å². The van der Waals surface area contributed by atoms with E-state index >= 15 is 0 Å². The van der Waals surface area contributed by atoms with Gasteiger partial charge < -0.3 is 5.32 Å². The Kier molecular flexibility index (Phi) is 3.22. The molecule has 1 aliphatic carbocycles. The van der Waals surface area contributed by atoms with Crippen LogP contribution in [0.2, 0.25) is 0 Å². The molecule has 2 aliphatic rings. The van der Waals surface area contributed by atoms with Gasteiger partial charge in [0.15, 0.2) is 0 Å². The van der Waals surface area contributed by atoms with Crippen LogP contribution in [-0.4, -0.2) is 29.9 Å². The van der Waals surface area contributed by atoms with Gasteiger partial charge in [-0.1, -0.05) is 6.42 Å². The van der Waals surface area contributed by atoms with E-state index in [9.17, 15) is 13.6 Å². The van der Waals surface area contributed by atoms with Gasteiger partial charge in [0, 0.05) is 18.7 Å². The molecule has 0 unspecified atom stereocenters. The Labute approximate surface area is 110 Å². The SMILES string of the molecule is O=C(CN1C[C@@H]2CCC[C@H]21)Nc1cc(F)ccc1F. The molecule has 3 rings (SSSR count). The molecule has 0 bridgehead atoms. The minimum atomic E-state index is -0.614. The van der Waals surface area contributed by atoms with Gasteiger partial charge in [0.1, 0.15) is 11.6 Å². The Bertz CT molecular complexity index is 506. The van der Waals surface area contributed by atoms with Crippen LogP contribution in [0.3, 0.4) is 0 Å². The zero-order chi connectivity index (χ0) is 13.4. The highest BCUT2D eigenvalue weighted by Gasteiger charge is 2.42. The van der Waals surface area contributed by atoms with Crippen molar-refractivity contribution >= 4 is 11.6 Å². The fourth-order valence-electron chi connectivity index (χ4n) is 3.16. The third-order valence-electron chi connectivity index (χ3n) is 4.11. The van der Waals surface area contributed by atoms with Gasteiger partial charge in [0.05, 0.1) is 12.2 Å². The molecule has 19 heavy (non-hydrogen) atoms. The van der Waals surface area contributed by atoms with E-state index in [2.05, 4.69) is 10.2 Å². The van der Waals surface area contributed by atoms with Gasteiger partial charge in [-0.15, -0.1) is 0 Å². The van der Waals surface area contributed by atoms with E-state index in [-0.39, 0.29) is 18.1 Å². The maximum absolute atomic E-state index is 13.4. The van der Waals surface area contributed by atoms with E-state index in [1.807, 2.05) is 0 Å². The first kappa shape index (κ1) is 12.5. The number of anilines is 1. The van der Waals surface area contributed by atoms with E-state index < -0.39 is 11.6 Å². The summed E-state index contributed by atoms with van der Waals surface area (Å²) in [4.78, 5) is 13.9. The van der Waals surface area contributed by atoms with Gasteiger partial charge in [0.25, 0.3) is 0 Å². The van der Waals surface area contributed by atoms with Crippen molar-refractivity contribution < 1.29 is 13.6 Å². The number of hydrogen-bond acceptors (Lipinski definition) is 2. The molecule has 2 atom stereocenters. The Balaban J connectivity index is 1.58. The van der Waals surface area contributed by atoms with Crippen LogP contribution >= 0.6 is 0 Å². The highest BCUT2D eigenvalue weighted by Crippen LogP contribution is 2.38. The zero-order valence-corrected chi connectivity index (χ0v) is 10.5. The minimum Gasteiger partial charge on any atom is -0.322 e. The summed E-state index contributed by atoms with van der Waals surface area (Å²) in [6, 6.07) is 3.57. The Morgan fingerprint density at radius 1 is 1.37 bits per heavy atom. The first-order valence-electron chi connectivity index (χ1n) is 6.62. The number of benzene rings is 1. The zero-order valence-electron chi connectivity index (χ0n) is 10.5. The van der Waals surface area contributed by atoms with Crippen LogP contribution in [0.25, 0.3) is 0 Å². The number of carbonyl (C=O) groups excluding carboxylic acids is 1. The molecule has 1 N–H and O–H groups in total. The van der Waals surface area contributed by atoms with Gasteiger partial charge in [0.2, 0.25) is 5.91 Å². The first-order chi connectivity index (χ1) is 9.13. The molecule has 2 fully saturated rings. The Morgan fingerprint density at radius 3 is 3.00 bits per heavy atom. The molecule has 1 aromatic carbocycles.